The molecular weight excluding hydrogens is 387 g/mol. The van der Waals surface area contributed by atoms with E-state index in [4.69, 9.17) is 0 Å². The van der Waals surface area contributed by atoms with Crippen LogP contribution in [0.15, 0.2) is 36.5 Å². The van der Waals surface area contributed by atoms with E-state index in [1.54, 1.807) is 34.0 Å². The third-order valence-electron chi connectivity index (χ3n) is 4.79. The van der Waals surface area contributed by atoms with Crippen molar-refractivity contribution >= 4 is 17.9 Å². The van der Waals surface area contributed by atoms with Crippen LogP contribution in [0.3, 0.4) is 0 Å². The average molecular weight is 414 g/mol. The Balaban J connectivity index is 1.42. The minimum absolute atomic E-state index is 0.0466. The lowest BCUT2D eigenvalue weighted by molar-refractivity contribution is -0.127. The third-order valence-corrected chi connectivity index (χ3v) is 4.79. The molecule has 2 aromatic rings. The molecule has 1 aliphatic rings. The van der Waals surface area contributed by atoms with Crippen molar-refractivity contribution in [2.24, 2.45) is 0 Å². The molecule has 160 valence electrons. The maximum atomic E-state index is 13.2. The number of piperazine rings is 1. The number of carbonyl (C=O) groups is 2. The van der Waals surface area contributed by atoms with E-state index in [0.29, 0.717) is 30.9 Å². The summed E-state index contributed by atoms with van der Waals surface area (Å²) < 4.78 is 14.9. The van der Waals surface area contributed by atoms with E-state index in [-0.39, 0.29) is 23.7 Å². The first-order valence-corrected chi connectivity index (χ1v) is 10.1. The fourth-order valence-corrected chi connectivity index (χ4v) is 3.17. The van der Waals surface area contributed by atoms with Crippen LogP contribution in [-0.2, 0) is 11.3 Å². The van der Waals surface area contributed by atoms with Crippen molar-refractivity contribution in [1.82, 2.24) is 30.1 Å². The minimum Gasteiger partial charge on any atom is -0.348 e. The SMILES string of the molecule is CC(C)NC(=O)c1cn(CCN2CCN(C(=O)C=Cc3cccc(F)c3)CC2)nn1. The molecule has 1 fully saturated rings. The van der Waals surface area contributed by atoms with Gasteiger partial charge in [0.25, 0.3) is 5.91 Å². The van der Waals surface area contributed by atoms with Gasteiger partial charge in [-0.1, -0.05) is 17.3 Å². The first-order valence-electron chi connectivity index (χ1n) is 10.1. The maximum absolute atomic E-state index is 13.2. The van der Waals surface area contributed by atoms with Crippen LogP contribution in [0.2, 0.25) is 0 Å². The quantitative estimate of drug-likeness (QED) is 0.693. The predicted molar refractivity (Wildman–Crippen MR) is 111 cm³/mol. The van der Waals surface area contributed by atoms with Crippen molar-refractivity contribution in [2.75, 3.05) is 32.7 Å². The van der Waals surface area contributed by atoms with E-state index in [2.05, 4.69) is 20.5 Å². The van der Waals surface area contributed by atoms with Crippen LogP contribution in [0.5, 0.6) is 0 Å². The standard InChI is InChI=1S/C21H27FN6O2/c1-16(2)23-21(30)19-15-28(25-24-19)13-10-26-8-11-27(12-9-26)20(29)7-6-17-4-3-5-18(22)14-17/h3-7,14-16H,8-13H2,1-2H3,(H,23,30). The molecule has 9 heteroatoms. The molecule has 0 aliphatic carbocycles. The Morgan fingerprint density at radius 1 is 1.20 bits per heavy atom. The molecule has 1 aromatic carbocycles. The van der Waals surface area contributed by atoms with Crippen LogP contribution in [0, 0.1) is 5.82 Å². The second-order valence-corrected chi connectivity index (χ2v) is 7.55. The molecule has 0 bridgehead atoms. The fourth-order valence-electron chi connectivity index (χ4n) is 3.17. The Bertz CT molecular complexity index is 902. The largest absolute Gasteiger partial charge is 0.348 e. The highest BCUT2D eigenvalue weighted by atomic mass is 19.1. The summed E-state index contributed by atoms with van der Waals surface area (Å²) in [4.78, 5) is 28.3. The van der Waals surface area contributed by atoms with Crippen LogP contribution in [0.1, 0.15) is 29.9 Å². The van der Waals surface area contributed by atoms with E-state index >= 15 is 0 Å². The number of aromatic nitrogens is 3. The van der Waals surface area contributed by atoms with E-state index in [0.717, 1.165) is 19.6 Å². The highest BCUT2D eigenvalue weighted by Gasteiger charge is 2.20. The first kappa shape index (κ1) is 21.6. The third kappa shape index (κ3) is 6.21. The summed E-state index contributed by atoms with van der Waals surface area (Å²) in [7, 11) is 0. The molecular formula is C21H27FN6O2. The number of benzene rings is 1. The van der Waals surface area contributed by atoms with Gasteiger partial charge in [-0.3, -0.25) is 19.2 Å². The van der Waals surface area contributed by atoms with Gasteiger partial charge in [0, 0.05) is 44.8 Å². The van der Waals surface area contributed by atoms with E-state index < -0.39 is 0 Å². The second-order valence-electron chi connectivity index (χ2n) is 7.55. The van der Waals surface area contributed by atoms with Gasteiger partial charge in [-0.05, 0) is 37.6 Å². The lowest BCUT2D eigenvalue weighted by atomic mass is 10.2. The van der Waals surface area contributed by atoms with Crippen molar-refractivity contribution in [3.63, 3.8) is 0 Å². The Labute approximate surface area is 175 Å². The van der Waals surface area contributed by atoms with Crippen LogP contribution in [-0.4, -0.2) is 75.4 Å². The number of nitrogens with zero attached hydrogens (tertiary/aromatic N) is 5. The van der Waals surface area contributed by atoms with Gasteiger partial charge in [0.15, 0.2) is 5.69 Å². The van der Waals surface area contributed by atoms with Crippen molar-refractivity contribution in [3.8, 4) is 0 Å². The molecule has 2 heterocycles. The van der Waals surface area contributed by atoms with Crippen LogP contribution in [0.25, 0.3) is 6.08 Å². The summed E-state index contributed by atoms with van der Waals surface area (Å²) in [5, 5.41) is 10.7. The molecule has 0 saturated carbocycles. The molecule has 0 atom stereocenters. The summed E-state index contributed by atoms with van der Waals surface area (Å²) in [5.74, 6) is -0.621. The van der Waals surface area contributed by atoms with Crippen molar-refractivity contribution < 1.29 is 14.0 Å². The highest BCUT2D eigenvalue weighted by molar-refractivity contribution is 5.92. The second kappa shape index (κ2) is 10.1. The van der Waals surface area contributed by atoms with E-state index in [9.17, 15) is 14.0 Å². The normalized spacial score (nSPS) is 15.1. The molecule has 0 unspecified atom stereocenters. The summed E-state index contributed by atoms with van der Waals surface area (Å²) >= 11 is 0. The molecule has 0 radical (unpaired) electrons. The lowest BCUT2D eigenvalue weighted by Crippen LogP contribution is -2.48. The smallest absolute Gasteiger partial charge is 0.273 e. The summed E-state index contributed by atoms with van der Waals surface area (Å²) in [5.41, 5.74) is 0.973. The fraction of sp³-hybridized carbons (Fsp3) is 0.429. The molecule has 2 amide bonds. The monoisotopic (exact) mass is 414 g/mol. The topological polar surface area (TPSA) is 83.4 Å². The van der Waals surface area contributed by atoms with Crippen LogP contribution in [0.4, 0.5) is 4.39 Å². The Morgan fingerprint density at radius 2 is 1.97 bits per heavy atom. The lowest BCUT2D eigenvalue weighted by Gasteiger charge is -2.34. The number of hydrogen-bond acceptors (Lipinski definition) is 5. The molecule has 1 aromatic heterocycles. The Morgan fingerprint density at radius 3 is 2.67 bits per heavy atom. The molecule has 1 saturated heterocycles. The van der Waals surface area contributed by atoms with E-state index in [1.165, 1.54) is 18.2 Å². The summed E-state index contributed by atoms with van der Waals surface area (Å²) in [6, 6.07) is 6.19. The maximum Gasteiger partial charge on any atom is 0.273 e. The van der Waals surface area contributed by atoms with Gasteiger partial charge in [0.2, 0.25) is 5.91 Å². The van der Waals surface area contributed by atoms with Crippen LogP contribution < -0.4 is 5.32 Å². The van der Waals surface area contributed by atoms with Crippen molar-refractivity contribution in [2.45, 2.75) is 26.4 Å². The van der Waals surface area contributed by atoms with E-state index in [1.807, 2.05) is 13.8 Å². The molecule has 1 N–H and O–H groups in total. The highest BCUT2D eigenvalue weighted by Crippen LogP contribution is 2.08. The molecule has 8 nitrogen and oxygen atoms in total. The number of rotatable bonds is 7. The number of amides is 2. The van der Waals surface area contributed by atoms with Gasteiger partial charge in [-0.25, -0.2) is 4.39 Å². The summed E-state index contributed by atoms with van der Waals surface area (Å²) in [6.45, 7) is 7.94. The van der Waals surface area contributed by atoms with Gasteiger partial charge in [-0.15, -0.1) is 5.10 Å². The predicted octanol–water partition coefficient (Wildman–Crippen LogP) is 1.41. The zero-order valence-electron chi connectivity index (χ0n) is 17.3. The molecule has 30 heavy (non-hydrogen) atoms. The van der Waals surface area contributed by atoms with Gasteiger partial charge in [-0.2, -0.15) is 0 Å². The van der Waals surface area contributed by atoms with Gasteiger partial charge in [0.1, 0.15) is 5.82 Å². The average Bonchev–Trinajstić information content (AvgIpc) is 3.20. The van der Waals surface area contributed by atoms with Gasteiger partial charge < -0.3 is 10.2 Å². The zero-order chi connectivity index (χ0) is 21.5. The van der Waals surface area contributed by atoms with Crippen molar-refractivity contribution in [1.29, 1.82) is 0 Å². The summed E-state index contributed by atoms with van der Waals surface area (Å²) in [6.07, 6.45) is 4.77. The zero-order valence-corrected chi connectivity index (χ0v) is 17.3. The number of hydrogen-bond donors (Lipinski definition) is 1. The number of halogens is 1. The van der Waals surface area contributed by atoms with Crippen molar-refractivity contribution in [3.05, 3.63) is 53.6 Å². The molecule has 3 rings (SSSR count). The number of nitrogens with one attached hydrogen (secondary N) is 1. The Kier molecular flexibility index (Phi) is 7.29. The first-order chi connectivity index (χ1) is 14.4. The van der Waals surface area contributed by atoms with Gasteiger partial charge >= 0.3 is 0 Å². The molecule has 0 spiro atoms. The van der Waals surface area contributed by atoms with Gasteiger partial charge in [0.05, 0.1) is 12.7 Å². The number of carbonyl (C=O) groups excluding carboxylic acids is 2. The van der Waals surface area contributed by atoms with Crippen LogP contribution >= 0.6 is 0 Å². The molecule has 1 aliphatic heterocycles. The minimum atomic E-state index is -0.321. The Hall–Kier alpha value is -3.07.